The molecule has 0 aliphatic carbocycles. The fourth-order valence-corrected chi connectivity index (χ4v) is 1.89. The summed E-state index contributed by atoms with van der Waals surface area (Å²) < 4.78 is 0. The molecular weight excluding hydrogens is 244 g/mol. The first-order chi connectivity index (χ1) is 9.15. The van der Waals surface area contributed by atoms with Crippen LogP contribution >= 0.6 is 0 Å². The fourth-order valence-electron chi connectivity index (χ4n) is 1.89. The van der Waals surface area contributed by atoms with Crippen LogP contribution in [-0.2, 0) is 0 Å². The van der Waals surface area contributed by atoms with Gasteiger partial charge in [0.15, 0.2) is 0 Å². The molecule has 4 N–H and O–H groups in total. The van der Waals surface area contributed by atoms with Gasteiger partial charge >= 0.3 is 5.97 Å². The lowest BCUT2D eigenvalue weighted by Gasteiger charge is -2.07. The second-order valence-electron chi connectivity index (χ2n) is 4.06. The highest BCUT2D eigenvalue weighted by atomic mass is 16.4. The summed E-state index contributed by atoms with van der Waals surface area (Å²) >= 11 is 0. The summed E-state index contributed by atoms with van der Waals surface area (Å²) in [5, 5.41) is 12.1. The van der Waals surface area contributed by atoms with E-state index in [1.165, 1.54) is 12.1 Å². The van der Waals surface area contributed by atoms with Crippen LogP contribution < -0.4 is 11.1 Å². The molecule has 1 aliphatic rings. The van der Waals surface area contributed by atoms with Gasteiger partial charge in [-0.25, -0.2) is 14.8 Å². The molecule has 6 heteroatoms. The zero-order chi connectivity index (χ0) is 13.4. The molecule has 0 saturated carbocycles. The van der Waals surface area contributed by atoms with Crippen molar-refractivity contribution in [1.82, 2.24) is 4.98 Å². The van der Waals surface area contributed by atoms with E-state index in [0.29, 0.717) is 28.6 Å². The lowest BCUT2D eigenvalue weighted by molar-refractivity contribution is 0.0697. The van der Waals surface area contributed by atoms with Crippen molar-refractivity contribution < 1.29 is 9.90 Å². The molecule has 0 saturated heterocycles. The van der Waals surface area contributed by atoms with Gasteiger partial charge in [-0.3, -0.25) is 0 Å². The molecule has 6 nitrogen and oxygen atoms in total. The Morgan fingerprint density at radius 3 is 2.95 bits per heavy atom. The number of carboxylic acid groups (broad SMARTS) is 1. The summed E-state index contributed by atoms with van der Waals surface area (Å²) in [6.45, 7) is 0. The highest BCUT2D eigenvalue weighted by Gasteiger charge is 2.16. The highest BCUT2D eigenvalue weighted by Crippen LogP contribution is 2.32. The van der Waals surface area contributed by atoms with Gasteiger partial charge < -0.3 is 16.2 Å². The van der Waals surface area contributed by atoms with E-state index in [1.54, 1.807) is 24.4 Å². The van der Waals surface area contributed by atoms with E-state index in [9.17, 15) is 4.79 Å². The van der Waals surface area contributed by atoms with Crippen molar-refractivity contribution in [3.05, 3.63) is 47.7 Å². The molecule has 1 aromatic heterocycles. The van der Waals surface area contributed by atoms with E-state index in [4.69, 9.17) is 10.8 Å². The molecule has 0 bridgehead atoms. The molecule has 0 radical (unpaired) electrons. The van der Waals surface area contributed by atoms with Crippen molar-refractivity contribution in [2.24, 2.45) is 10.7 Å². The van der Waals surface area contributed by atoms with Crippen LogP contribution in [0.2, 0.25) is 0 Å². The van der Waals surface area contributed by atoms with Gasteiger partial charge in [0.05, 0.1) is 22.5 Å². The maximum Gasteiger partial charge on any atom is 0.335 e. The normalized spacial score (nSPS) is 12.5. The van der Waals surface area contributed by atoms with Crippen molar-refractivity contribution in [3.63, 3.8) is 0 Å². The van der Waals surface area contributed by atoms with Gasteiger partial charge in [0, 0.05) is 6.20 Å². The number of benzene rings is 1. The highest BCUT2D eigenvalue weighted by molar-refractivity contribution is 6.06. The number of hydrogen-bond donors (Lipinski definition) is 3. The van der Waals surface area contributed by atoms with Gasteiger partial charge in [-0.2, -0.15) is 0 Å². The number of fused-ring (bicyclic) bond motifs is 2. The minimum Gasteiger partial charge on any atom is -0.478 e. The maximum absolute atomic E-state index is 11.0. The molecule has 3 rings (SSSR count). The van der Waals surface area contributed by atoms with Crippen LogP contribution in [0, 0.1) is 0 Å². The summed E-state index contributed by atoms with van der Waals surface area (Å²) in [5.41, 5.74) is 7.92. The average molecular weight is 254 g/mol. The third-order valence-electron chi connectivity index (χ3n) is 2.82. The first-order valence-corrected chi connectivity index (χ1v) is 5.59. The summed E-state index contributed by atoms with van der Waals surface area (Å²) in [4.78, 5) is 19.4. The molecule has 0 unspecified atom stereocenters. The Kier molecular flexibility index (Phi) is 2.42. The van der Waals surface area contributed by atoms with Crippen molar-refractivity contribution in [2.75, 3.05) is 5.32 Å². The molecular formula is C13H10N4O2. The Morgan fingerprint density at radius 1 is 1.32 bits per heavy atom. The lowest BCUT2D eigenvalue weighted by Crippen LogP contribution is -2.13. The van der Waals surface area contributed by atoms with Crippen LogP contribution in [0.4, 0.5) is 17.2 Å². The minimum absolute atomic E-state index is 0.163. The molecule has 0 fully saturated rings. The van der Waals surface area contributed by atoms with Gasteiger partial charge in [-0.1, -0.05) is 0 Å². The van der Waals surface area contributed by atoms with Gasteiger partial charge in [0.1, 0.15) is 11.7 Å². The Bertz CT molecular complexity index is 710. The number of rotatable bonds is 1. The molecule has 0 amide bonds. The van der Waals surface area contributed by atoms with Gasteiger partial charge in [-0.05, 0) is 30.3 Å². The maximum atomic E-state index is 11.0. The number of pyridine rings is 1. The monoisotopic (exact) mass is 254 g/mol. The number of carbonyl (C=O) groups is 1. The SMILES string of the molecule is NC1=Nc2cc(C(=O)O)ccc2Nc2ncccc21. The lowest BCUT2D eigenvalue weighted by atomic mass is 10.2. The molecule has 94 valence electrons. The van der Waals surface area contributed by atoms with Crippen LogP contribution in [0.15, 0.2) is 41.5 Å². The number of carboxylic acids is 1. The van der Waals surface area contributed by atoms with Gasteiger partial charge in [-0.15, -0.1) is 0 Å². The molecule has 1 aromatic carbocycles. The topological polar surface area (TPSA) is 101 Å². The second-order valence-corrected chi connectivity index (χ2v) is 4.06. The quantitative estimate of drug-likeness (QED) is 0.721. The van der Waals surface area contributed by atoms with Crippen LogP contribution in [0.1, 0.15) is 15.9 Å². The number of hydrogen-bond acceptors (Lipinski definition) is 5. The Morgan fingerprint density at radius 2 is 2.16 bits per heavy atom. The number of nitrogens with two attached hydrogens (primary N) is 1. The number of nitrogens with zero attached hydrogens (tertiary/aromatic N) is 2. The molecule has 0 atom stereocenters. The third-order valence-corrected chi connectivity index (χ3v) is 2.82. The van der Waals surface area contributed by atoms with E-state index < -0.39 is 5.97 Å². The average Bonchev–Trinajstić information content (AvgIpc) is 2.54. The summed E-state index contributed by atoms with van der Waals surface area (Å²) in [7, 11) is 0. The van der Waals surface area contributed by atoms with Crippen LogP contribution in [-0.4, -0.2) is 21.9 Å². The fraction of sp³-hybridized carbons (Fsp3) is 0. The number of amidine groups is 1. The second kappa shape index (κ2) is 4.09. The Hall–Kier alpha value is -2.89. The summed E-state index contributed by atoms with van der Waals surface area (Å²) in [6.07, 6.45) is 1.65. The van der Waals surface area contributed by atoms with E-state index in [2.05, 4.69) is 15.3 Å². The van der Waals surface area contributed by atoms with Crippen molar-refractivity contribution in [2.45, 2.75) is 0 Å². The molecule has 2 heterocycles. The predicted molar refractivity (Wildman–Crippen MR) is 71.3 cm³/mol. The van der Waals surface area contributed by atoms with E-state index in [1.807, 2.05) is 0 Å². The molecule has 19 heavy (non-hydrogen) atoms. The minimum atomic E-state index is -1.00. The number of nitrogens with one attached hydrogen (secondary N) is 1. The van der Waals surface area contributed by atoms with Gasteiger partial charge in [0.2, 0.25) is 0 Å². The number of aromatic nitrogens is 1. The number of aromatic carboxylic acids is 1. The molecule has 2 aromatic rings. The van der Waals surface area contributed by atoms with Crippen LogP contribution in [0.5, 0.6) is 0 Å². The van der Waals surface area contributed by atoms with Crippen molar-refractivity contribution in [1.29, 1.82) is 0 Å². The number of anilines is 2. The van der Waals surface area contributed by atoms with Gasteiger partial charge in [0.25, 0.3) is 0 Å². The third kappa shape index (κ3) is 1.89. The van der Waals surface area contributed by atoms with Crippen molar-refractivity contribution in [3.8, 4) is 0 Å². The van der Waals surface area contributed by atoms with Crippen LogP contribution in [0.3, 0.4) is 0 Å². The zero-order valence-corrected chi connectivity index (χ0v) is 9.79. The number of aliphatic imine (C=N–C) groups is 1. The zero-order valence-electron chi connectivity index (χ0n) is 9.79. The smallest absolute Gasteiger partial charge is 0.335 e. The predicted octanol–water partition coefficient (Wildman–Crippen LogP) is 1.87. The molecule has 1 aliphatic heterocycles. The standard InChI is InChI=1S/C13H10N4O2/c14-11-8-2-1-5-15-12(8)17-9-4-3-7(13(18)19)6-10(9)16-11/h1-6H,(H2,14,16)(H,15,17)(H,18,19). The summed E-state index contributed by atoms with van der Waals surface area (Å²) in [5.74, 6) is -0.0982. The Balaban J connectivity index is 2.19. The first kappa shape index (κ1) is 11.2. The van der Waals surface area contributed by atoms with Crippen LogP contribution in [0.25, 0.3) is 0 Å². The summed E-state index contributed by atoms with van der Waals surface area (Å²) in [6, 6.07) is 8.20. The van der Waals surface area contributed by atoms with E-state index in [-0.39, 0.29) is 5.56 Å². The molecule has 0 spiro atoms. The largest absolute Gasteiger partial charge is 0.478 e. The van der Waals surface area contributed by atoms with E-state index >= 15 is 0 Å². The van der Waals surface area contributed by atoms with Crippen molar-refractivity contribution >= 4 is 29.0 Å². The first-order valence-electron chi connectivity index (χ1n) is 5.59. The Labute approximate surface area is 108 Å². The van der Waals surface area contributed by atoms with E-state index in [0.717, 1.165) is 0 Å².